The first kappa shape index (κ1) is 13.8. The van der Waals surface area contributed by atoms with E-state index < -0.39 is 5.97 Å². The highest BCUT2D eigenvalue weighted by molar-refractivity contribution is 5.89. The molecule has 1 N–H and O–H groups in total. The van der Waals surface area contributed by atoms with Gasteiger partial charge in [0.1, 0.15) is 0 Å². The van der Waals surface area contributed by atoms with Crippen LogP contribution in [-0.2, 0) is 18.3 Å². The van der Waals surface area contributed by atoms with Crippen molar-refractivity contribution in [2.45, 2.75) is 25.2 Å². The standard InChI is InChI=1S/C18H22N2O2/c1-19-16-5-3-2-4-13(16)14(10-17(21)22)18(19)15-11-20-8-6-12(15)7-9-20/h2-5,12,15H,6-11H2,1H3,(H,21,22). The van der Waals surface area contributed by atoms with Gasteiger partial charge in [0.25, 0.3) is 0 Å². The van der Waals surface area contributed by atoms with E-state index in [0.29, 0.717) is 11.8 Å². The van der Waals surface area contributed by atoms with Crippen molar-refractivity contribution in [2.75, 3.05) is 19.6 Å². The largest absolute Gasteiger partial charge is 0.481 e. The average molecular weight is 298 g/mol. The van der Waals surface area contributed by atoms with Gasteiger partial charge in [0.05, 0.1) is 6.42 Å². The van der Waals surface area contributed by atoms with Crippen LogP contribution in [0.1, 0.15) is 30.0 Å². The first-order valence-corrected chi connectivity index (χ1v) is 8.15. The predicted molar refractivity (Wildman–Crippen MR) is 86.2 cm³/mol. The smallest absolute Gasteiger partial charge is 0.307 e. The zero-order valence-electron chi connectivity index (χ0n) is 13.0. The Morgan fingerprint density at radius 2 is 2.00 bits per heavy atom. The van der Waals surface area contributed by atoms with Crippen molar-refractivity contribution in [1.82, 2.24) is 9.47 Å². The lowest BCUT2D eigenvalue weighted by molar-refractivity contribution is -0.136. The summed E-state index contributed by atoms with van der Waals surface area (Å²) >= 11 is 0. The molecule has 5 rings (SSSR count). The SMILES string of the molecule is Cn1c(C2CN3CCC2CC3)c(CC(=O)O)c2ccccc21. The monoisotopic (exact) mass is 298 g/mol. The molecular weight excluding hydrogens is 276 g/mol. The number of hydrogen-bond acceptors (Lipinski definition) is 2. The fourth-order valence-electron chi connectivity index (χ4n) is 4.58. The van der Waals surface area contributed by atoms with Gasteiger partial charge in [0, 0.05) is 36.1 Å². The van der Waals surface area contributed by atoms with E-state index in [0.717, 1.165) is 23.0 Å². The summed E-state index contributed by atoms with van der Waals surface area (Å²) in [5, 5.41) is 10.5. The summed E-state index contributed by atoms with van der Waals surface area (Å²) < 4.78 is 2.25. The van der Waals surface area contributed by atoms with Crippen molar-refractivity contribution in [2.24, 2.45) is 13.0 Å². The van der Waals surface area contributed by atoms with Crippen LogP contribution in [0.5, 0.6) is 0 Å². The van der Waals surface area contributed by atoms with Gasteiger partial charge >= 0.3 is 5.97 Å². The molecule has 0 aliphatic carbocycles. The summed E-state index contributed by atoms with van der Waals surface area (Å²) in [6.07, 6.45) is 2.62. The number of nitrogens with zero attached hydrogens (tertiary/aromatic N) is 2. The summed E-state index contributed by atoms with van der Waals surface area (Å²) in [5.74, 6) is 0.452. The number of aromatic nitrogens is 1. The number of aryl methyl sites for hydroxylation is 1. The van der Waals surface area contributed by atoms with Gasteiger partial charge in [-0.1, -0.05) is 18.2 Å². The number of para-hydroxylation sites is 1. The molecule has 1 aromatic carbocycles. The number of aliphatic carboxylic acids is 1. The molecule has 1 unspecified atom stereocenters. The van der Waals surface area contributed by atoms with Crippen LogP contribution >= 0.6 is 0 Å². The van der Waals surface area contributed by atoms with Crippen LogP contribution in [0, 0.1) is 5.92 Å². The van der Waals surface area contributed by atoms with E-state index in [1.165, 1.54) is 31.6 Å². The van der Waals surface area contributed by atoms with Gasteiger partial charge in [-0.2, -0.15) is 0 Å². The summed E-state index contributed by atoms with van der Waals surface area (Å²) in [6, 6.07) is 8.21. The van der Waals surface area contributed by atoms with Crippen molar-refractivity contribution in [3.8, 4) is 0 Å². The zero-order valence-corrected chi connectivity index (χ0v) is 13.0. The lowest BCUT2D eigenvalue weighted by Crippen LogP contribution is -2.46. The molecule has 0 spiro atoms. The number of carbonyl (C=O) groups is 1. The van der Waals surface area contributed by atoms with Crippen LogP contribution < -0.4 is 0 Å². The van der Waals surface area contributed by atoms with Crippen molar-refractivity contribution in [1.29, 1.82) is 0 Å². The Hall–Kier alpha value is -1.81. The minimum Gasteiger partial charge on any atom is -0.481 e. The fourth-order valence-corrected chi connectivity index (χ4v) is 4.58. The maximum atomic E-state index is 11.4. The van der Waals surface area contributed by atoms with Crippen LogP contribution in [0.3, 0.4) is 0 Å². The highest BCUT2D eigenvalue weighted by Crippen LogP contribution is 2.42. The molecule has 0 saturated carbocycles. The van der Waals surface area contributed by atoms with Crippen molar-refractivity contribution < 1.29 is 9.90 Å². The number of benzene rings is 1. The molecule has 3 aliphatic heterocycles. The van der Waals surface area contributed by atoms with E-state index in [1.54, 1.807) is 0 Å². The van der Waals surface area contributed by atoms with Crippen molar-refractivity contribution >= 4 is 16.9 Å². The molecular formula is C18H22N2O2. The van der Waals surface area contributed by atoms with Crippen LogP contribution in [0.15, 0.2) is 24.3 Å². The van der Waals surface area contributed by atoms with E-state index in [2.05, 4.69) is 28.6 Å². The minimum absolute atomic E-state index is 0.125. The fraction of sp³-hybridized carbons (Fsp3) is 0.500. The zero-order chi connectivity index (χ0) is 15.3. The average Bonchev–Trinajstić information content (AvgIpc) is 2.81. The molecule has 2 aromatic rings. The highest BCUT2D eigenvalue weighted by atomic mass is 16.4. The van der Waals surface area contributed by atoms with Gasteiger partial charge in [0.15, 0.2) is 0 Å². The molecule has 4 nitrogen and oxygen atoms in total. The molecule has 4 heteroatoms. The molecule has 0 radical (unpaired) electrons. The van der Waals surface area contributed by atoms with E-state index in [1.807, 2.05) is 12.1 Å². The lowest BCUT2D eigenvalue weighted by Gasteiger charge is -2.45. The Morgan fingerprint density at radius 1 is 1.27 bits per heavy atom. The number of piperidine rings is 3. The van der Waals surface area contributed by atoms with Gasteiger partial charge in [-0.15, -0.1) is 0 Å². The Labute approximate surface area is 130 Å². The summed E-state index contributed by atoms with van der Waals surface area (Å²) in [4.78, 5) is 13.9. The molecule has 4 heterocycles. The van der Waals surface area contributed by atoms with E-state index in [9.17, 15) is 9.90 Å². The minimum atomic E-state index is -0.737. The quantitative estimate of drug-likeness (QED) is 0.947. The molecule has 2 bridgehead atoms. The maximum Gasteiger partial charge on any atom is 0.307 e. The third-order valence-corrected chi connectivity index (χ3v) is 5.60. The van der Waals surface area contributed by atoms with Crippen molar-refractivity contribution in [3.05, 3.63) is 35.5 Å². The molecule has 3 saturated heterocycles. The molecule has 0 amide bonds. The molecule has 1 aromatic heterocycles. The van der Waals surface area contributed by atoms with Crippen LogP contribution in [0.4, 0.5) is 0 Å². The van der Waals surface area contributed by atoms with Gasteiger partial charge in [-0.3, -0.25) is 4.79 Å². The second kappa shape index (κ2) is 5.13. The van der Waals surface area contributed by atoms with Crippen molar-refractivity contribution in [3.63, 3.8) is 0 Å². The third kappa shape index (κ3) is 2.05. The molecule has 3 fully saturated rings. The number of rotatable bonds is 3. The summed E-state index contributed by atoms with van der Waals surface area (Å²) in [5.41, 5.74) is 3.45. The van der Waals surface area contributed by atoms with Crippen LogP contribution in [0.25, 0.3) is 10.9 Å². The van der Waals surface area contributed by atoms with Gasteiger partial charge in [-0.25, -0.2) is 0 Å². The van der Waals surface area contributed by atoms with Gasteiger partial charge in [0.2, 0.25) is 0 Å². The number of carboxylic acid groups (broad SMARTS) is 1. The lowest BCUT2D eigenvalue weighted by atomic mass is 9.76. The second-order valence-corrected chi connectivity index (χ2v) is 6.76. The molecule has 3 aliphatic rings. The molecule has 22 heavy (non-hydrogen) atoms. The predicted octanol–water partition coefficient (Wildman–Crippen LogP) is 2.61. The number of carboxylic acids is 1. The third-order valence-electron chi connectivity index (χ3n) is 5.60. The van der Waals surface area contributed by atoms with E-state index in [-0.39, 0.29) is 6.42 Å². The molecule has 116 valence electrons. The maximum absolute atomic E-state index is 11.4. The van der Waals surface area contributed by atoms with Crippen LogP contribution in [0.2, 0.25) is 0 Å². The summed E-state index contributed by atoms with van der Waals surface area (Å²) in [6.45, 7) is 3.50. The first-order valence-electron chi connectivity index (χ1n) is 8.15. The first-order chi connectivity index (χ1) is 10.6. The summed E-state index contributed by atoms with van der Waals surface area (Å²) in [7, 11) is 2.10. The normalized spacial score (nSPS) is 27.4. The highest BCUT2D eigenvalue weighted by Gasteiger charge is 2.38. The van der Waals surface area contributed by atoms with Gasteiger partial charge in [-0.05, 0) is 43.5 Å². The Balaban J connectivity index is 1.88. The van der Waals surface area contributed by atoms with Crippen LogP contribution in [-0.4, -0.2) is 40.2 Å². The molecule has 1 atom stereocenters. The number of hydrogen-bond donors (Lipinski definition) is 1. The Morgan fingerprint density at radius 3 is 2.64 bits per heavy atom. The Bertz CT molecular complexity index is 726. The Kier molecular flexibility index (Phi) is 3.22. The van der Waals surface area contributed by atoms with Gasteiger partial charge < -0.3 is 14.6 Å². The van der Waals surface area contributed by atoms with E-state index >= 15 is 0 Å². The topological polar surface area (TPSA) is 45.5 Å². The number of fused-ring (bicyclic) bond motifs is 4. The van der Waals surface area contributed by atoms with E-state index in [4.69, 9.17) is 0 Å². The second-order valence-electron chi connectivity index (χ2n) is 6.76.